The van der Waals surface area contributed by atoms with Crippen molar-refractivity contribution in [2.45, 2.75) is 25.1 Å². The third-order valence-corrected chi connectivity index (χ3v) is 1.69. The topological polar surface area (TPSA) is 75.6 Å². The van der Waals surface area contributed by atoms with Crippen LogP contribution in [0.15, 0.2) is 0 Å². The fourth-order valence-corrected chi connectivity index (χ4v) is 0.937. The van der Waals surface area contributed by atoms with Gasteiger partial charge in [-0.3, -0.25) is 4.79 Å². The van der Waals surface area contributed by atoms with Crippen molar-refractivity contribution < 1.29 is 32.6 Å². The van der Waals surface area contributed by atoms with E-state index >= 15 is 0 Å². The second-order valence-electron chi connectivity index (χ2n) is 3.28. The molecule has 1 atom stereocenters. The van der Waals surface area contributed by atoms with Crippen LogP contribution in [0.5, 0.6) is 0 Å². The van der Waals surface area contributed by atoms with Gasteiger partial charge < -0.3 is 15.2 Å². The molecule has 8 heteroatoms. The monoisotopic (exact) mass is 267 g/mol. The second-order valence-corrected chi connectivity index (χ2v) is 3.28. The van der Waals surface area contributed by atoms with E-state index in [1.165, 1.54) is 0 Å². The number of carbonyl (C=O) groups is 2. The van der Waals surface area contributed by atoms with E-state index in [1.807, 2.05) is 0 Å². The van der Waals surface area contributed by atoms with E-state index in [9.17, 15) is 22.8 Å². The number of terminal acetylenes is 1. The first kappa shape index (κ1) is 16.2. The standard InChI is InChI=1S/C10H12F3NO4/c1-2-3-7(9(16)17)14-8(15)4-5-18-6-10(11,12)13/h1,7H,3-6H2,(H,14,15)(H,16,17). The molecular formula is C10H12F3NO4. The number of aliphatic carboxylic acids is 1. The predicted molar refractivity (Wildman–Crippen MR) is 54.5 cm³/mol. The van der Waals surface area contributed by atoms with E-state index in [2.05, 4.69) is 16.0 Å². The summed E-state index contributed by atoms with van der Waals surface area (Å²) in [6, 6.07) is -1.25. The van der Waals surface area contributed by atoms with Gasteiger partial charge in [-0.15, -0.1) is 12.3 Å². The second kappa shape index (κ2) is 7.55. The van der Waals surface area contributed by atoms with Crippen molar-refractivity contribution in [3.05, 3.63) is 0 Å². The number of amides is 1. The van der Waals surface area contributed by atoms with Gasteiger partial charge in [0.2, 0.25) is 5.91 Å². The van der Waals surface area contributed by atoms with Gasteiger partial charge in [-0.25, -0.2) is 4.79 Å². The van der Waals surface area contributed by atoms with Crippen molar-refractivity contribution in [2.75, 3.05) is 13.2 Å². The smallest absolute Gasteiger partial charge is 0.411 e. The molecule has 0 aromatic carbocycles. The third kappa shape index (κ3) is 8.41. The van der Waals surface area contributed by atoms with Crippen LogP contribution < -0.4 is 5.32 Å². The Hall–Kier alpha value is -1.75. The van der Waals surface area contributed by atoms with Crippen LogP contribution in [-0.4, -0.2) is 42.4 Å². The number of alkyl halides is 3. The van der Waals surface area contributed by atoms with Crippen LogP contribution in [0.25, 0.3) is 0 Å². The van der Waals surface area contributed by atoms with Gasteiger partial charge in [0.1, 0.15) is 12.6 Å². The zero-order chi connectivity index (χ0) is 14.2. The maximum atomic E-state index is 11.7. The average molecular weight is 267 g/mol. The Morgan fingerprint density at radius 3 is 2.50 bits per heavy atom. The van der Waals surface area contributed by atoms with Gasteiger partial charge in [0, 0.05) is 12.8 Å². The highest BCUT2D eigenvalue weighted by Gasteiger charge is 2.27. The summed E-state index contributed by atoms with van der Waals surface area (Å²) in [7, 11) is 0. The molecule has 0 aliphatic heterocycles. The maximum Gasteiger partial charge on any atom is 0.411 e. The average Bonchev–Trinajstić information content (AvgIpc) is 2.22. The number of carbonyl (C=O) groups excluding carboxylic acids is 1. The van der Waals surface area contributed by atoms with Gasteiger partial charge in [0.15, 0.2) is 0 Å². The van der Waals surface area contributed by atoms with E-state index in [-0.39, 0.29) is 12.8 Å². The number of hydrogen-bond donors (Lipinski definition) is 2. The SMILES string of the molecule is C#CCC(NC(=O)CCOCC(F)(F)F)C(=O)O. The summed E-state index contributed by atoms with van der Waals surface area (Å²) >= 11 is 0. The molecule has 1 amide bonds. The van der Waals surface area contributed by atoms with Gasteiger partial charge in [0.05, 0.1) is 6.61 Å². The quantitative estimate of drug-likeness (QED) is 0.521. The van der Waals surface area contributed by atoms with Crippen molar-refractivity contribution in [3.8, 4) is 12.3 Å². The Morgan fingerprint density at radius 2 is 2.06 bits per heavy atom. The number of nitrogens with one attached hydrogen (secondary N) is 1. The first-order valence-electron chi connectivity index (χ1n) is 4.86. The Labute approximate surface area is 101 Å². The molecule has 0 heterocycles. The molecule has 0 saturated carbocycles. The first-order valence-corrected chi connectivity index (χ1v) is 4.86. The van der Waals surface area contributed by atoms with Crippen molar-refractivity contribution in [1.29, 1.82) is 0 Å². The number of halogens is 3. The summed E-state index contributed by atoms with van der Waals surface area (Å²) in [6.07, 6.45) is -0.131. The molecule has 1 unspecified atom stereocenters. The lowest BCUT2D eigenvalue weighted by Crippen LogP contribution is -2.40. The minimum atomic E-state index is -4.45. The van der Waals surface area contributed by atoms with E-state index in [0.717, 1.165) is 0 Å². The summed E-state index contributed by atoms with van der Waals surface area (Å²) in [4.78, 5) is 21.7. The predicted octanol–water partition coefficient (Wildman–Crippen LogP) is 0.548. The van der Waals surface area contributed by atoms with Crippen LogP contribution in [0, 0.1) is 12.3 Å². The number of carboxylic acids is 1. The maximum absolute atomic E-state index is 11.7. The summed E-state index contributed by atoms with van der Waals surface area (Å²) in [5.74, 6) is 0.0220. The van der Waals surface area contributed by atoms with Gasteiger partial charge in [-0.1, -0.05) is 0 Å². The van der Waals surface area contributed by atoms with Gasteiger partial charge >= 0.3 is 12.1 Å². The molecule has 0 radical (unpaired) electrons. The molecule has 0 bridgehead atoms. The molecule has 0 rings (SSSR count). The van der Waals surface area contributed by atoms with Crippen LogP contribution in [0.1, 0.15) is 12.8 Å². The van der Waals surface area contributed by atoms with Crippen LogP contribution in [0.4, 0.5) is 13.2 Å². The normalized spacial score (nSPS) is 12.6. The van der Waals surface area contributed by atoms with Gasteiger partial charge in [-0.05, 0) is 0 Å². The van der Waals surface area contributed by atoms with Crippen molar-refractivity contribution >= 4 is 11.9 Å². The van der Waals surface area contributed by atoms with Crippen LogP contribution in [-0.2, 0) is 14.3 Å². The molecule has 18 heavy (non-hydrogen) atoms. The molecule has 5 nitrogen and oxygen atoms in total. The minimum absolute atomic E-state index is 0.204. The Balaban J connectivity index is 3.90. The number of ether oxygens (including phenoxy) is 1. The van der Waals surface area contributed by atoms with Crippen LogP contribution in [0.2, 0.25) is 0 Å². The highest BCUT2D eigenvalue weighted by molar-refractivity contribution is 5.83. The Kier molecular flexibility index (Phi) is 6.82. The van der Waals surface area contributed by atoms with Crippen LogP contribution in [0.3, 0.4) is 0 Å². The molecule has 0 aliphatic rings. The number of carboxylic acid groups (broad SMARTS) is 1. The summed E-state index contributed by atoms with van der Waals surface area (Å²) in [5.41, 5.74) is 0. The zero-order valence-corrected chi connectivity index (χ0v) is 9.29. The molecule has 0 aromatic heterocycles. The first-order chi connectivity index (χ1) is 8.26. The van der Waals surface area contributed by atoms with Crippen LogP contribution >= 0.6 is 0 Å². The fourth-order valence-electron chi connectivity index (χ4n) is 0.937. The molecule has 0 aliphatic carbocycles. The molecule has 2 N–H and O–H groups in total. The Bertz CT molecular complexity index is 335. The van der Waals surface area contributed by atoms with E-state index in [1.54, 1.807) is 0 Å². The summed E-state index contributed by atoms with van der Waals surface area (Å²) in [6.45, 7) is -1.90. The van der Waals surface area contributed by atoms with E-state index < -0.39 is 37.3 Å². The lowest BCUT2D eigenvalue weighted by Gasteiger charge is -2.12. The molecular weight excluding hydrogens is 255 g/mol. The fraction of sp³-hybridized carbons (Fsp3) is 0.600. The largest absolute Gasteiger partial charge is 0.480 e. The third-order valence-electron chi connectivity index (χ3n) is 1.69. The van der Waals surface area contributed by atoms with Gasteiger partial charge in [-0.2, -0.15) is 13.2 Å². The highest BCUT2D eigenvalue weighted by atomic mass is 19.4. The lowest BCUT2D eigenvalue weighted by atomic mass is 10.2. The van der Waals surface area contributed by atoms with E-state index in [0.29, 0.717) is 0 Å². The van der Waals surface area contributed by atoms with Crippen molar-refractivity contribution in [1.82, 2.24) is 5.32 Å². The van der Waals surface area contributed by atoms with Gasteiger partial charge in [0.25, 0.3) is 0 Å². The molecule has 102 valence electrons. The molecule has 0 spiro atoms. The molecule has 0 fully saturated rings. The van der Waals surface area contributed by atoms with Crippen molar-refractivity contribution in [3.63, 3.8) is 0 Å². The molecule has 0 aromatic rings. The zero-order valence-electron chi connectivity index (χ0n) is 9.29. The lowest BCUT2D eigenvalue weighted by molar-refractivity contribution is -0.174. The summed E-state index contributed by atoms with van der Waals surface area (Å²) in [5, 5.41) is 10.7. The highest BCUT2D eigenvalue weighted by Crippen LogP contribution is 2.14. The Morgan fingerprint density at radius 1 is 1.44 bits per heavy atom. The minimum Gasteiger partial charge on any atom is -0.480 e. The number of rotatable bonds is 7. The number of hydrogen-bond acceptors (Lipinski definition) is 3. The molecule has 0 saturated heterocycles. The van der Waals surface area contributed by atoms with Crippen molar-refractivity contribution in [2.24, 2.45) is 0 Å². The van der Waals surface area contributed by atoms with E-state index in [4.69, 9.17) is 11.5 Å². The summed E-state index contributed by atoms with van der Waals surface area (Å²) < 4.78 is 39.2.